The van der Waals surface area contributed by atoms with E-state index in [-0.39, 0.29) is 0 Å². The van der Waals surface area contributed by atoms with Gasteiger partial charge in [0, 0.05) is 16.2 Å². The summed E-state index contributed by atoms with van der Waals surface area (Å²) in [5, 5.41) is 1.07. The standard InChI is InChI=1S/C14H17NOS2/c1-3-12-13(9-17)18-14(15-12)10-5-7-11(8-6-10)16-4-2/h5-8,17H,3-4,9H2,1-2H3. The molecule has 0 fully saturated rings. The van der Waals surface area contributed by atoms with Crippen LogP contribution in [0.1, 0.15) is 24.4 Å². The van der Waals surface area contributed by atoms with E-state index >= 15 is 0 Å². The summed E-state index contributed by atoms with van der Waals surface area (Å²) in [5.74, 6) is 1.67. The largest absolute Gasteiger partial charge is 0.494 e. The fourth-order valence-corrected chi connectivity index (χ4v) is 3.16. The predicted molar refractivity (Wildman–Crippen MR) is 80.8 cm³/mol. The molecule has 0 spiro atoms. The van der Waals surface area contributed by atoms with Gasteiger partial charge in [-0.2, -0.15) is 12.6 Å². The van der Waals surface area contributed by atoms with E-state index in [1.807, 2.05) is 19.1 Å². The normalized spacial score (nSPS) is 10.6. The number of ether oxygens (including phenoxy) is 1. The molecule has 96 valence electrons. The molecule has 0 aliphatic carbocycles. The molecule has 2 aromatic rings. The van der Waals surface area contributed by atoms with Gasteiger partial charge in [0.25, 0.3) is 0 Å². The van der Waals surface area contributed by atoms with E-state index in [1.54, 1.807) is 11.3 Å². The van der Waals surface area contributed by atoms with Crippen molar-refractivity contribution in [2.24, 2.45) is 0 Å². The Hall–Kier alpha value is -1.00. The summed E-state index contributed by atoms with van der Waals surface area (Å²) < 4.78 is 5.44. The van der Waals surface area contributed by atoms with Crippen LogP contribution in [0.5, 0.6) is 5.75 Å². The molecule has 0 aliphatic rings. The molecule has 18 heavy (non-hydrogen) atoms. The maximum atomic E-state index is 5.44. The minimum Gasteiger partial charge on any atom is -0.494 e. The average molecular weight is 279 g/mol. The van der Waals surface area contributed by atoms with E-state index in [0.717, 1.165) is 28.5 Å². The van der Waals surface area contributed by atoms with Gasteiger partial charge in [-0.15, -0.1) is 11.3 Å². The maximum absolute atomic E-state index is 5.44. The van der Waals surface area contributed by atoms with Crippen LogP contribution in [0.4, 0.5) is 0 Å². The topological polar surface area (TPSA) is 22.1 Å². The van der Waals surface area contributed by atoms with Crippen LogP contribution >= 0.6 is 24.0 Å². The number of hydrogen-bond donors (Lipinski definition) is 1. The Kier molecular flexibility index (Phi) is 4.66. The Morgan fingerprint density at radius 1 is 1.22 bits per heavy atom. The quantitative estimate of drug-likeness (QED) is 0.829. The number of benzene rings is 1. The van der Waals surface area contributed by atoms with Crippen molar-refractivity contribution in [3.63, 3.8) is 0 Å². The van der Waals surface area contributed by atoms with E-state index in [1.165, 1.54) is 10.6 Å². The van der Waals surface area contributed by atoms with Gasteiger partial charge < -0.3 is 4.74 Å². The van der Waals surface area contributed by atoms with E-state index in [4.69, 9.17) is 4.74 Å². The van der Waals surface area contributed by atoms with Crippen LogP contribution in [0.25, 0.3) is 10.6 Å². The summed E-state index contributed by atoms with van der Waals surface area (Å²) in [6.07, 6.45) is 0.962. The minimum atomic E-state index is 0.695. The van der Waals surface area contributed by atoms with Gasteiger partial charge >= 0.3 is 0 Å². The number of aryl methyl sites for hydroxylation is 1. The smallest absolute Gasteiger partial charge is 0.123 e. The third-order valence-corrected chi connectivity index (χ3v) is 4.35. The van der Waals surface area contributed by atoms with Gasteiger partial charge in [-0.1, -0.05) is 6.92 Å². The summed E-state index contributed by atoms with van der Waals surface area (Å²) in [5.41, 5.74) is 2.31. The van der Waals surface area contributed by atoms with E-state index in [9.17, 15) is 0 Å². The van der Waals surface area contributed by atoms with Gasteiger partial charge in [0.05, 0.1) is 12.3 Å². The van der Waals surface area contributed by atoms with Gasteiger partial charge in [0.15, 0.2) is 0 Å². The van der Waals surface area contributed by atoms with Crippen LogP contribution in [0.2, 0.25) is 0 Å². The van der Waals surface area contributed by atoms with Crippen molar-refractivity contribution in [1.82, 2.24) is 4.98 Å². The minimum absolute atomic E-state index is 0.695. The van der Waals surface area contributed by atoms with Crippen LogP contribution in [0, 0.1) is 0 Å². The van der Waals surface area contributed by atoms with Crippen molar-refractivity contribution in [2.45, 2.75) is 26.0 Å². The SMILES string of the molecule is CCOc1ccc(-c2nc(CC)c(CS)s2)cc1. The van der Waals surface area contributed by atoms with Crippen molar-refractivity contribution in [3.05, 3.63) is 34.8 Å². The van der Waals surface area contributed by atoms with Crippen LogP contribution in [-0.4, -0.2) is 11.6 Å². The summed E-state index contributed by atoms with van der Waals surface area (Å²) in [6, 6.07) is 8.11. The Labute approximate surface area is 117 Å². The van der Waals surface area contributed by atoms with E-state index in [2.05, 4.69) is 36.7 Å². The molecular formula is C14H17NOS2. The van der Waals surface area contributed by atoms with Crippen molar-refractivity contribution < 1.29 is 4.74 Å². The number of aromatic nitrogens is 1. The van der Waals surface area contributed by atoms with Crippen LogP contribution < -0.4 is 4.74 Å². The molecule has 0 unspecified atom stereocenters. The highest BCUT2D eigenvalue weighted by molar-refractivity contribution is 7.79. The van der Waals surface area contributed by atoms with Gasteiger partial charge in [-0.05, 0) is 37.6 Å². The predicted octanol–water partition coefficient (Wildman–Crippen LogP) is 4.20. The monoisotopic (exact) mass is 279 g/mol. The van der Waals surface area contributed by atoms with Crippen molar-refractivity contribution in [1.29, 1.82) is 0 Å². The van der Waals surface area contributed by atoms with Crippen molar-refractivity contribution in [2.75, 3.05) is 6.61 Å². The Morgan fingerprint density at radius 2 is 1.94 bits per heavy atom. The van der Waals surface area contributed by atoms with Crippen LogP contribution in [0.15, 0.2) is 24.3 Å². The first-order valence-electron chi connectivity index (χ1n) is 6.11. The lowest BCUT2D eigenvalue weighted by molar-refractivity contribution is 0.340. The molecule has 0 aliphatic heterocycles. The molecule has 1 aromatic heterocycles. The Bertz CT molecular complexity index is 484. The Morgan fingerprint density at radius 3 is 2.44 bits per heavy atom. The lowest BCUT2D eigenvalue weighted by atomic mass is 10.2. The lowest BCUT2D eigenvalue weighted by Gasteiger charge is -2.02. The first-order chi connectivity index (χ1) is 8.78. The highest BCUT2D eigenvalue weighted by atomic mass is 32.1. The van der Waals surface area contributed by atoms with Gasteiger partial charge in [0.2, 0.25) is 0 Å². The summed E-state index contributed by atoms with van der Waals surface area (Å²) in [7, 11) is 0. The van der Waals surface area contributed by atoms with Crippen LogP contribution in [-0.2, 0) is 12.2 Å². The lowest BCUT2D eigenvalue weighted by Crippen LogP contribution is -1.90. The highest BCUT2D eigenvalue weighted by Crippen LogP contribution is 2.30. The van der Waals surface area contributed by atoms with Gasteiger partial charge in [0.1, 0.15) is 10.8 Å². The van der Waals surface area contributed by atoms with Gasteiger partial charge in [-0.25, -0.2) is 4.98 Å². The van der Waals surface area contributed by atoms with Crippen LogP contribution in [0.3, 0.4) is 0 Å². The molecule has 4 heteroatoms. The fraction of sp³-hybridized carbons (Fsp3) is 0.357. The highest BCUT2D eigenvalue weighted by Gasteiger charge is 2.10. The molecule has 1 heterocycles. The zero-order valence-corrected chi connectivity index (χ0v) is 12.4. The molecule has 0 saturated carbocycles. The molecule has 0 N–H and O–H groups in total. The molecule has 0 saturated heterocycles. The molecule has 0 amide bonds. The molecule has 0 bridgehead atoms. The third-order valence-electron chi connectivity index (χ3n) is 2.67. The molecule has 1 aromatic carbocycles. The second kappa shape index (κ2) is 6.25. The molecular weight excluding hydrogens is 262 g/mol. The third kappa shape index (κ3) is 2.87. The number of thiol groups is 1. The second-order valence-corrected chi connectivity index (χ2v) is 5.26. The van der Waals surface area contributed by atoms with Crippen molar-refractivity contribution in [3.8, 4) is 16.3 Å². The van der Waals surface area contributed by atoms with Gasteiger partial charge in [-0.3, -0.25) is 0 Å². The summed E-state index contributed by atoms with van der Waals surface area (Å²) >= 11 is 6.08. The number of rotatable bonds is 5. The summed E-state index contributed by atoms with van der Waals surface area (Å²) in [4.78, 5) is 5.94. The molecule has 0 atom stereocenters. The second-order valence-electron chi connectivity index (χ2n) is 3.86. The van der Waals surface area contributed by atoms with Crippen molar-refractivity contribution >= 4 is 24.0 Å². The zero-order valence-electron chi connectivity index (χ0n) is 10.6. The number of nitrogens with zero attached hydrogens (tertiary/aromatic N) is 1. The maximum Gasteiger partial charge on any atom is 0.123 e. The number of thiazole rings is 1. The fourth-order valence-electron chi connectivity index (χ4n) is 1.77. The molecule has 2 nitrogen and oxygen atoms in total. The first-order valence-corrected chi connectivity index (χ1v) is 7.56. The molecule has 0 radical (unpaired) electrons. The first kappa shape index (κ1) is 13.4. The zero-order chi connectivity index (χ0) is 13.0. The number of hydrogen-bond acceptors (Lipinski definition) is 4. The van der Waals surface area contributed by atoms with E-state index in [0.29, 0.717) is 6.61 Å². The summed E-state index contributed by atoms with van der Waals surface area (Å²) in [6.45, 7) is 4.81. The molecule has 2 rings (SSSR count). The average Bonchev–Trinajstić information content (AvgIpc) is 2.83. The Balaban J connectivity index is 2.27. The van der Waals surface area contributed by atoms with E-state index < -0.39 is 0 Å².